The van der Waals surface area contributed by atoms with Crippen LogP contribution in [0.4, 0.5) is 0 Å². The molecule has 0 spiro atoms. The lowest BCUT2D eigenvalue weighted by atomic mass is 9.99. The summed E-state index contributed by atoms with van der Waals surface area (Å²) in [5, 5.41) is 11.3. The van der Waals surface area contributed by atoms with Crippen molar-refractivity contribution in [2.75, 3.05) is 39.1 Å². The fraction of sp³-hybridized carbons (Fsp3) is 0.706. The van der Waals surface area contributed by atoms with Gasteiger partial charge in [0.15, 0.2) is 5.96 Å². The molecule has 1 aromatic rings. The van der Waals surface area contributed by atoms with Gasteiger partial charge in [-0.1, -0.05) is 13.8 Å². The van der Waals surface area contributed by atoms with Crippen LogP contribution in [0.15, 0.2) is 21.8 Å². The van der Waals surface area contributed by atoms with Gasteiger partial charge in [0, 0.05) is 38.1 Å². The molecule has 1 aliphatic heterocycles. The number of nitrogens with one attached hydrogen (secondary N) is 2. The highest BCUT2D eigenvalue weighted by Gasteiger charge is 2.32. The third-order valence-corrected chi connectivity index (χ3v) is 6.50. The molecule has 7 heteroatoms. The van der Waals surface area contributed by atoms with E-state index in [0.717, 1.165) is 50.9 Å². The standard InChI is InChI=1S/C17H29N3OS2.HI/c1-4-23-17(6-8-21-9-7-17)13-20-16(18-3)19-11-14(2)15-5-10-22-12-15;/h5,10,12,14H,4,6-9,11,13H2,1-3H3,(H2,18,19,20);1H. The summed E-state index contributed by atoms with van der Waals surface area (Å²) in [5.74, 6) is 2.53. The van der Waals surface area contributed by atoms with Gasteiger partial charge in [-0.15, -0.1) is 24.0 Å². The first kappa shape index (κ1) is 22.1. The maximum atomic E-state index is 5.54. The topological polar surface area (TPSA) is 45.7 Å². The number of rotatable bonds is 7. The molecular weight excluding hydrogens is 453 g/mol. The molecule has 138 valence electrons. The minimum atomic E-state index is 0. The summed E-state index contributed by atoms with van der Waals surface area (Å²) < 4.78 is 5.82. The summed E-state index contributed by atoms with van der Waals surface area (Å²) in [6, 6.07) is 2.20. The van der Waals surface area contributed by atoms with Crippen LogP contribution in [0.1, 0.15) is 38.2 Å². The molecule has 4 nitrogen and oxygen atoms in total. The Morgan fingerprint density at radius 1 is 1.42 bits per heavy atom. The zero-order valence-electron chi connectivity index (χ0n) is 14.8. The zero-order chi connectivity index (χ0) is 16.5. The zero-order valence-corrected chi connectivity index (χ0v) is 18.8. The first-order valence-electron chi connectivity index (χ1n) is 8.37. The monoisotopic (exact) mass is 483 g/mol. The van der Waals surface area contributed by atoms with Crippen LogP contribution in [0, 0.1) is 0 Å². The Morgan fingerprint density at radius 3 is 2.75 bits per heavy atom. The Morgan fingerprint density at radius 2 is 2.17 bits per heavy atom. The lowest BCUT2D eigenvalue weighted by molar-refractivity contribution is 0.0782. The summed E-state index contributed by atoms with van der Waals surface area (Å²) in [5.41, 5.74) is 1.39. The molecular formula is C17H30IN3OS2. The van der Waals surface area contributed by atoms with E-state index in [9.17, 15) is 0 Å². The van der Waals surface area contributed by atoms with Crippen LogP contribution in [0.3, 0.4) is 0 Å². The number of hydrogen-bond donors (Lipinski definition) is 2. The van der Waals surface area contributed by atoms with Gasteiger partial charge in [0.25, 0.3) is 0 Å². The fourth-order valence-electron chi connectivity index (χ4n) is 2.81. The minimum Gasteiger partial charge on any atom is -0.381 e. The number of ether oxygens (including phenoxy) is 1. The van der Waals surface area contributed by atoms with Crippen LogP contribution >= 0.6 is 47.1 Å². The molecule has 0 aliphatic carbocycles. The third kappa shape index (κ3) is 6.72. The van der Waals surface area contributed by atoms with E-state index in [2.05, 4.69) is 58.1 Å². The first-order valence-corrected chi connectivity index (χ1v) is 10.3. The van der Waals surface area contributed by atoms with Gasteiger partial charge >= 0.3 is 0 Å². The van der Waals surface area contributed by atoms with Crippen molar-refractivity contribution in [1.82, 2.24) is 10.6 Å². The van der Waals surface area contributed by atoms with Crippen molar-refractivity contribution in [3.05, 3.63) is 22.4 Å². The quantitative estimate of drug-likeness (QED) is 0.351. The smallest absolute Gasteiger partial charge is 0.191 e. The van der Waals surface area contributed by atoms with E-state index in [0.29, 0.717) is 5.92 Å². The van der Waals surface area contributed by atoms with Crippen molar-refractivity contribution in [3.63, 3.8) is 0 Å². The second-order valence-corrected chi connectivity index (χ2v) is 8.50. The third-order valence-electron chi connectivity index (χ3n) is 4.34. The minimum absolute atomic E-state index is 0. The molecule has 2 N–H and O–H groups in total. The van der Waals surface area contributed by atoms with E-state index < -0.39 is 0 Å². The highest BCUT2D eigenvalue weighted by atomic mass is 127. The van der Waals surface area contributed by atoms with Gasteiger partial charge < -0.3 is 15.4 Å². The van der Waals surface area contributed by atoms with Crippen molar-refractivity contribution in [3.8, 4) is 0 Å². The van der Waals surface area contributed by atoms with Crippen molar-refractivity contribution in [2.24, 2.45) is 4.99 Å². The summed E-state index contributed by atoms with van der Waals surface area (Å²) in [6.45, 7) is 8.06. The lowest BCUT2D eigenvalue weighted by Gasteiger charge is -2.37. The van der Waals surface area contributed by atoms with E-state index >= 15 is 0 Å². The Kier molecular flexibility index (Phi) is 10.7. The highest BCUT2D eigenvalue weighted by molar-refractivity contribution is 14.0. The predicted molar refractivity (Wildman–Crippen MR) is 118 cm³/mol. The Hall–Kier alpha value is 0.01000. The van der Waals surface area contributed by atoms with Crippen LogP contribution in [0.2, 0.25) is 0 Å². The van der Waals surface area contributed by atoms with E-state index in [1.54, 1.807) is 11.3 Å². The average Bonchev–Trinajstić information content (AvgIpc) is 3.10. The molecule has 1 atom stereocenters. The molecule has 0 bridgehead atoms. The van der Waals surface area contributed by atoms with Crippen molar-refractivity contribution in [2.45, 2.75) is 37.4 Å². The van der Waals surface area contributed by atoms with Crippen LogP contribution in [0.5, 0.6) is 0 Å². The first-order chi connectivity index (χ1) is 11.2. The molecule has 1 unspecified atom stereocenters. The highest BCUT2D eigenvalue weighted by Crippen LogP contribution is 2.34. The molecule has 24 heavy (non-hydrogen) atoms. The molecule has 0 radical (unpaired) electrons. The summed E-state index contributed by atoms with van der Waals surface area (Å²) in [6.07, 6.45) is 2.22. The molecule has 0 aromatic carbocycles. The molecule has 0 amide bonds. The van der Waals surface area contributed by atoms with Gasteiger partial charge in [0.2, 0.25) is 0 Å². The molecule has 1 fully saturated rings. The summed E-state index contributed by atoms with van der Waals surface area (Å²) in [4.78, 5) is 4.37. The number of hydrogen-bond acceptors (Lipinski definition) is 4. The normalized spacial score (nSPS) is 18.5. The largest absolute Gasteiger partial charge is 0.381 e. The Balaban J connectivity index is 0.00000288. The van der Waals surface area contributed by atoms with Gasteiger partial charge in [0.05, 0.1) is 0 Å². The summed E-state index contributed by atoms with van der Waals surface area (Å²) in [7, 11) is 1.84. The van der Waals surface area contributed by atoms with Crippen molar-refractivity contribution < 1.29 is 4.74 Å². The second kappa shape index (κ2) is 11.6. The molecule has 1 aromatic heterocycles. The van der Waals surface area contributed by atoms with Crippen LogP contribution in [0.25, 0.3) is 0 Å². The molecule has 1 saturated heterocycles. The van der Waals surface area contributed by atoms with Gasteiger partial charge in [-0.25, -0.2) is 0 Å². The van der Waals surface area contributed by atoms with Gasteiger partial charge in [-0.05, 0) is 46.9 Å². The van der Waals surface area contributed by atoms with Crippen LogP contribution < -0.4 is 10.6 Å². The van der Waals surface area contributed by atoms with E-state index in [4.69, 9.17) is 4.74 Å². The SMILES string of the molecule is CCSC1(CNC(=NC)NCC(C)c2ccsc2)CCOCC1.I. The number of thiophene rings is 1. The van der Waals surface area contributed by atoms with Gasteiger partial charge in [-0.2, -0.15) is 23.1 Å². The van der Waals surface area contributed by atoms with Crippen molar-refractivity contribution in [1.29, 1.82) is 0 Å². The average molecular weight is 483 g/mol. The second-order valence-electron chi connectivity index (χ2n) is 5.99. The van der Waals surface area contributed by atoms with Gasteiger partial charge in [0.1, 0.15) is 0 Å². The maximum Gasteiger partial charge on any atom is 0.191 e. The number of halogens is 1. The number of guanidine groups is 1. The molecule has 0 saturated carbocycles. The maximum absolute atomic E-state index is 5.54. The number of nitrogens with zero attached hydrogens (tertiary/aromatic N) is 1. The van der Waals surface area contributed by atoms with E-state index in [1.165, 1.54) is 5.56 Å². The lowest BCUT2D eigenvalue weighted by Crippen LogP contribution is -2.48. The summed E-state index contributed by atoms with van der Waals surface area (Å²) >= 11 is 3.80. The molecule has 1 aliphatic rings. The van der Waals surface area contributed by atoms with Crippen molar-refractivity contribution >= 4 is 53.0 Å². The predicted octanol–water partition coefficient (Wildman–Crippen LogP) is 3.94. The number of aliphatic imine (C=N–C) groups is 1. The fourth-order valence-corrected chi connectivity index (χ4v) is 4.83. The van der Waals surface area contributed by atoms with Crippen LogP contribution in [-0.4, -0.2) is 49.8 Å². The Labute approximate surface area is 171 Å². The van der Waals surface area contributed by atoms with Gasteiger partial charge in [-0.3, -0.25) is 4.99 Å². The van der Waals surface area contributed by atoms with E-state index in [1.807, 2.05) is 7.05 Å². The number of thioether (sulfide) groups is 1. The van der Waals surface area contributed by atoms with Crippen LogP contribution in [-0.2, 0) is 4.74 Å². The molecule has 2 rings (SSSR count). The molecule has 2 heterocycles. The van der Waals surface area contributed by atoms with E-state index in [-0.39, 0.29) is 28.7 Å². The Bertz CT molecular complexity index is 471.